The molecule has 3 aromatic carbocycles. The van der Waals surface area contributed by atoms with Gasteiger partial charge in [0, 0.05) is 91.5 Å². The first-order valence-electron chi connectivity index (χ1n) is 23.8. The summed E-state index contributed by atoms with van der Waals surface area (Å²) in [6, 6.07) is 12.7. The van der Waals surface area contributed by atoms with Gasteiger partial charge in [0.2, 0.25) is 17.8 Å². The number of anilines is 6. The molecule has 3 N–H and O–H groups in total. The van der Waals surface area contributed by atoms with E-state index < -0.39 is 42.3 Å². The smallest absolute Gasteiger partial charge is 0.234 e. The second kappa shape index (κ2) is 20.1. The second-order valence-corrected chi connectivity index (χ2v) is 22.5. The van der Waals surface area contributed by atoms with Crippen molar-refractivity contribution >= 4 is 81.3 Å². The third-order valence-corrected chi connectivity index (χ3v) is 16.2. The molecule has 4 aliphatic heterocycles. The van der Waals surface area contributed by atoms with Crippen LogP contribution in [0.3, 0.4) is 0 Å². The average Bonchev–Trinajstić information content (AvgIpc) is 3.33. The van der Waals surface area contributed by atoms with E-state index in [1.807, 2.05) is 4.90 Å². The predicted octanol–water partition coefficient (Wildman–Crippen LogP) is 8.49. The van der Waals surface area contributed by atoms with E-state index in [1.165, 1.54) is 24.4 Å². The van der Waals surface area contributed by atoms with Crippen molar-refractivity contribution < 1.29 is 32.1 Å². The Balaban J connectivity index is 0.793. The number of hydrogen-bond acceptors (Lipinski definition) is 13. The highest BCUT2D eigenvalue weighted by Gasteiger charge is 2.35. The first kappa shape index (κ1) is 48.5. The van der Waals surface area contributed by atoms with Crippen molar-refractivity contribution in [3.63, 3.8) is 0 Å². The van der Waals surface area contributed by atoms with Crippen molar-refractivity contribution in [3.05, 3.63) is 88.0 Å². The van der Waals surface area contributed by atoms with E-state index in [0.717, 1.165) is 82.6 Å². The van der Waals surface area contributed by atoms with E-state index in [-0.39, 0.29) is 40.9 Å². The van der Waals surface area contributed by atoms with Crippen LogP contribution in [-0.2, 0) is 20.6 Å². The zero-order valence-electron chi connectivity index (χ0n) is 39.7. The summed E-state index contributed by atoms with van der Waals surface area (Å²) in [7, 11) is -1.31. The number of nitrogens with one attached hydrogen (secondary N) is 3. The molecule has 4 fully saturated rings. The molecule has 366 valence electrons. The van der Waals surface area contributed by atoms with E-state index >= 15 is 8.78 Å². The van der Waals surface area contributed by atoms with Gasteiger partial charge in [0.15, 0.2) is 5.82 Å². The molecule has 0 aliphatic carbocycles. The van der Waals surface area contributed by atoms with Crippen molar-refractivity contribution in [2.45, 2.75) is 76.8 Å². The predicted molar refractivity (Wildman–Crippen MR) is 267 cm³/mol. The number of rotatable bonds is 12. The molecule has 2 amide bonds. The quantitative estimate of drug-likeness (QED) is 0.0812. The van der Waals surface area contributed by atoms with E-state index in [2.05, 4.69) is 59.7 Å². The number of aryl methyl sites for hydroxylation is 2. The number of ether oxygens (including phenoxy) is 1. The third-order valence-electron chi connectivity index (χ3n) is 14.3. The van der Waals surface area contributed by atoms with Crippen LogP contribution in [0.4, 0.5) is 47.7 Å². The molecule has 1 atom stereocenters. The highest BCUT2D eigenvalue weighted by molar-refractivity contribution is 7.71. The lowest BCUT2D eigenvalue weighted by Gasteiger charge is -2.46. The number of piperazine rings is 1. The van der Waals surface area contributed by atoms with Gasteiger partial charge in [-0.1, -0.05) is 18.5 Å². The van der Waals surface area contributed by atoms with Gasteiger partial charge >= 0.3 is 0 Å². The molecule has 0 bridgehead atoms. The maximum Gasteiger partial charge on any atom is 0.234 e. The minimum atomic E-state index is -2.95. The summed E-state index contributed by atoms with van der Waals surface area (Å²) in [5.41, 5.74) is 4.49. The van der Waals surface area contributed by atoms with Crippen LogP contribution >= 0.6 is 18.7 Å². The van der Waals surface area contributed by atoms with Crippen LogP contribution in [0.1, 0.15) is 68.2 Å². The number of hydrogen-bond donors (Lipinski definition) is 3. The van der Waals surface area contributed by atoms with E-state index in [1.54, 1.807) is 39.5 Å². The summed E-state index contributed by atoms with van der Waals surface area (Å²) in [6.45, 7) is 13.8. The lowest BCUT2D eigenvalue weighted by Crippen LogP contribution is -2.55. The van der Waals surface area contributed by atoms with Gasteiger partial charge in [0.05, 0.1) is 41.8 Å². The maximum atomic E-state index is 15.3. The van der Waals surface area contributed by atoms with E-state index in [4.69, 9.17) is 21.3 Å². The molecule has 69 heavy (non-hydrogen) atoms. The normalized spacial score (nSPS) is 19.3. The fraction of sp³-hybridized carbons (Fsp3) is 0.460. The monoisotopic (exact) mass is 986 g/mol. The molecule has 14 nitrogen and oxygen atoms in total. The highest BCUT2D eigenvalue weighted by atomic mass is 35.5. The van der Waals surface area contributed by atoms with Crippen LogP contribution in [0.15, 0.2) is 48.7 Å². The first-order valence-corrected chi connectivity index (χ1v) is 26.8. The molecule has 9 rings (SSSR count). The number of halogens is 4. The SMILES string of the molecule is CCc1cc(Nc2ncc(Cl)c(Nc3ccc4nc(C)c(F)cc4c3P(C)(C)=O)n2)c(OC)cc1N1CCC(N2CCC(N3CCN(c4cc(F)c([C@H]5CCC(=O)NC5=O)c(F)c4)CC3)CC2)CC1. The number of carbonyl (C=O) groups is 2. The number of nitrogens with zero attached hydrogens (tertiary/aromatic N) is 7. The van der Waals surface area contributed by atoms with Crippen LogP contribution in [0.5, 0.6) is 5.75 Å². The Kier molecular flexibility index (Phi) is 14.1. The maximum absolute atomic E-state index is 15.3. The third kappa shape index (κ3) is 10.2. The molecular weight excluding hydrogens is 928 g/mol. The molecule has 0 unspecified atom stereocenters. The van der Waals surface area contributed by atoms with E-state index in [0.29, 0.717) is 64.2 Å². The number of fused-ring (bicyclic) bond motifs is 1. The summed E-state index contributed by atoms with van der Waals surface area (Å²) in [6.07, 6.45) is 6.69. The number of imide groups is 1. The Morgan fingerprint density at radius 3 is 2.12 bits per heavy atom. The Hall–Kier alpha value is -5.48. The lowest BCUT2D eigenvalue weighted by molar-refractivity contribution is -0.134. The number of benzene rings is 3. The fourth-order valence-corrected chi connectivity index (χ4v) is 12.3. The molecule has 6 heterocycles. The summed E-state index contributed by atoms with van der Waals surface area (Å²) in [4.78, 5) is 47.1. The summed E-state index contributed by atoms with van der Waals surface area (Å²) < 4.78 is 64.9. The largest absolute Gasteiger partial charge is 0.494 e. The van der Waals surface area contributed by atoms with Crippen LogP contribution < -0.4 is 35.8 Å². The summed E-state index contributed by atoms with van der Waals surface area (Å²) in [5.74, 6) is -2.86. The van der Waals surface area contributed by atoms with Crippen molar-refractivity contribution in [1.82, 2.24) is 30.1 Å². The molecule has 4 aliphatic rings. The molecule has 2 aromatic heterocycles. The topological polar surface area (TPSA) is 148 Å². The molecule has 0 radical (unpaired) electrons. The van der Waals surface area contributed by atoms with Gasteiger partial charge in [-0.15, -0.1) is 0 Å². The van der Waals surface area contributed by atoms with Crippen LogP contribution in [0, 0.1) is 24.4 Å². The number of pyridine rings is 1. The minimum Gasteiger partial charge on any atom is -0.494 e. The molecule has 19 heteroatoms. The fourth-order valence-electron chi connectivity index (χ4n) is 10.7. The van der Waals surface area contributed by atoms with Crippen LogP contribution in [0.25, 0.3) is 10.9 Å². The number of carbonyl (C=O) groups excluding carboxylic acids is 2. The summed E-state index contributed by atoms with van der Waals surface area (Å²) >= 11 is 6.62. The first-order chi connectivity index (χ1) is 33.1. The van der Waals surface area contributed by atoms with Gasteiger partial charge in [-0.2, -0.15) is 4.98 Å². The number of amides is 2. The lowest BCUT2D eigenvalue weighted by atomic mass is 9.89. The Morgan fingerprint density at radius 1 is 0.812 bits per heavy atom. The van der Waals surface area contributed by atoms with Crippen LogP contribution in [0.2, 0.25) is 5.02 Å². The number of likely N-dealkylation sites (tertiary alicyclic amines) is 1. The van der Waals surface area contributed by atoms with Crippen molar-refractivity contribution in [2.75, 3.05) is 93.2 Å². The Morgan fingerprint density at radius 2 is 1.48 bits per heavy atom. The van der Waals surface area contributed by atoms with Gasteiger partial charge < -0.3 is 34.6 Å². The zero-order valence-corrected chi connectivity index (χ0v) is 41.3. The van der Waals surface area contributed by atoms with E-state index in [9.17, 15) is 18.5 Å². The van der Waals surface area contributed by atoms with Gasteiger partial charge in [-0.3, -0.25) is 24.8 Å². The average molecular weight is 988 g/mol. The number of methoxy groups -OCH3 is 1. The molecule has 4 saturated heterocycles. The Bertz CT molecular complexity index is 2810. The highest BCUT2D eigenvalue weighted by Crippen LogP contribution is 2.43. The standard InChI is InChI=1S/C50H59ClF3N10O4P/c1-6-30-23-42(58-50-55-28-36(51)48(60-50)57-41-9-8-40-35(47(41)69(4,5)67)26-37(52)29(2)56-40)44(68-3)27-43(30)64-17-13-31(14-18-64)61-15-11-32(12-16-61)62-19-21-63(22-20-62)33-24-38(53)46(39(54)25-33)34-7-10-45(65)59-49(34)66/h8-9,23-28,31-32,34H,6-7,10-22H2,1-5H3,(H,59,65,66)(H2,55,57,58,60)/t34-/m1/s1. The molecular formula is C50H59ClF3N10O4P. The summed E-state index contributed by atoms with van der Waals surface area (Å²) in [5, 5.41) is 9.94. The van der Waals surface area contributed by atoms with Gasteiger partial charge in [-0.05, 0) is 114 Å². The van der Waals surface area contributed by atoms with Gasteiger partial charge in [0.25, 0.3) is 0 Å². The molecule has 0 saturated carbocycles. The van der Waals surface area contributed by atoms with Crippen LogP contribution in [-0.4, -0.2) is 121 Å². The molecule has 5 aromatic rings. The van der Waals surface area contributed by atoms with Gasteiger partial charge in [-0.25, -0.2) is 18.2 Å². The second-order valence-electron chi connectivity index (χ2n) is 18.9. The Labute approximate surface area is 405 Å². The molecule has 0 spiro atoms. The zero-order chi connectivity index (χ0) is 48.7. The van der Waals surface area contributed by atoms with Crippen molar-refractivity contribution in [3.8, 4) is 5.75 Å². The minimum absolute atomic E-state index is 0.0577. The number of aromatic nitrogens is 3. The van der Waals surface area contributed by atoms with Gasteiger partial charge in [0.1, 0.15) is 35.4 Å². The number of piperidine rings is 3. The van der Waals surface area contributed by atoms with Crippen molar-refractivity contribution in [2.24, 2.45) is 0 Å². The van der Waals surface area contributed by atoms with Crippen molar-refractivity contribution in [1.29, 1.82) is 0 Å².